The fraction of sp³-hybridized carbons (Fsp3) is 0.480. The molecule has 5 nitrogen and oxygen atoms in total. The van der Waals surface area contributed by atoms with Gasteiger partial charge in [-0.25, -0.2) is 4.79 Å². The lowest BCUT2D eigenvalue weighted by Gasteiger charge is -2.34. The van der Waals surface area contributed by atoms with Crippen LogP contribution in [0.5, 0.6) is 0 Å². The highest BCUT2D eigenvalue weighted by molar-refractivity contribution is 5.68. The highest BCUT2D eigenvalue weighted by Crippen LogP contribution is 2.47. The number of hydrogen-bond acceptors (Lipinski definition) is 4. The second-order valence-electron chi connectivity index (χ2n) is 9.01. The van der Waals surface area contributed by atoms with Crippen LogP contribution in [-0.4, -0.2) is 62.2 Å². The number of anilines is 1. The van der Waals surface area contributed by atoms with Gasteiger partial charge in [0.1, 0.15) is 6.61 Å². The lowest BCUT2D eigenvalue weighted by molar-refractivity contribution is 0.0955. The second kappa shape index (κ2) is 8.31. The van der Waals surface area contributed by atoms with E-state index in [4.69, 9.17) is 4.74 Å². The van der Waals surface area contributed by atoms with E-state index in [1.165, 1.54) is 16.8 Å². The first-order valence-corrected chi connectivity index (χ1v) is 11.2. The Bertz CT molecular complexity index is 893. The van der Waals surface area contributed by atoms with Crippen LogP contribution in [0.25, 0.3) is 0 Å². The Balaban J connectivity index is 1.27. The number of rotatable bonds is 3. The number of amides is 1. The predicted octanol–water partition coefficient (Wildman–Crippen LogP) is 4.05. The summed E-state index contributed by atoms with van der Waals surface area (Å²) in [7, 11) is 2.19. The molecule has 1 amide bonds. The summed E-state index contributed by atoms with van der Waals surface area (Å²) < 4.78 is 5.62. The minimum atomic E-state index is -0.178. The average molecular weight is 406 g/mol. The molecule has 2 fully saturated rings. The molecule has 5 heteroatoms. The van der Waals surface area contributed by atoms with Crippen molar-refractivity contribution in [1.29, 1.82) is 0 Å². The number of likely N-dealkylation sites (N-methyl/N-ethyl adjacent to an activating group) is 1. The maximum Gasteiger partial charge on any atom is 0.410 e. The van der Waals surface area contributed by atoms with E-state index in [0.29, 0.717) is 18.4 Å². The number of hydrogen-bond donors (Lipinski definition) is 0. The quantitative estimate of drug-likeness (QED) is 0.772. The largest absolute Gasteiger partial charge is 0.445 e. The van der Waals surface area contributed by atoms with E-state index in [-0.39, 0.29) is 6.09 Å². The smallest absolute Gasteiger partial charge is 0.410 e. The summed E-state index contributed by atoms with van der Waals surface area (Å²) >= 11 is 0. The van der Waals surface area contributed by atoms with E-state index in [9.17, 15) is 4.79 Å². The predicted molar refractivity (Wildman–Crippen MR) is 119 cm³/mol. The number of carbonyl (C=O) groups excluding carboxylic acids is 1. The first-order valence-electron chi connectivity index (χ1n) is 11.2. The average Bonchev–Trinajstić information content (AvgIpc) is 2.96. The summed E-state index contributed by atoms with van der Waals surface area (Å²) in [5.41, 5.74) is 5.34. The van der Waals surface area contributed by atoms with E-state index in [0.717, 1.165) is 57.7 Å². The molecule has 2 aromatic rings. The lowest BCUT2D eigenvalue weighted by atomic mass is 9.97. The van der Waals surface area contributed by atoms with E-state index < -0.39 is 0 Å². The lowest BCUT2D eigenvalue weighted by Crippen LogP contribution is -2.44. The van der Waals surface area contributed by atoms with Crippen molar-refractivity contribution in [2.45, 2.75) is 31.3 Å². The molecule has 1 unspecified atom stereocenters. The van der Waals surface area contributed by atoms with Crippen LogP contribution < -0.4 is 4.90 Å². The monoisotopic (exact) mass is 405 g/mol. The summed E-state index contributed by atoms with van der Waals surface area (Å²) in [6, 6.07) is 17.0. The molecule has 30 heavy (non-hydrogen) atoms. The van der Waals surface area contributed by atoms with Gasteiger partial charge in [-0.2, -0.15) is 0 Å². The molecule has 0 N–H and O–H groups in total. The van der Waals surface area contributed by atoms with Crippen LogP contribution >= 0.6 is 0 Å². The highest BCUT2D eigenvalue weighted by Gasteiger charge is 2.37. The van der Waals surface area contributed by atoms with Crippen LogP contribution in [0.3, 0.4) is 0 Å². The van der Waals surface area contributed by atoms with Gasteiger partial charge >= 0.3 is 6.09 Å². The topological polar surface area (TPSA) is 36.0 Å². The zero-order chi connectivity index (χ0) is 20.5. The molecule has 3 aliphatic rings. The van der Waals surface area contributed by atoms with Crippen LogP contribution in [0.2, 0.25) is 0 Å². The van der Waals surface area contributed by atoms with Crippen molar-refractivity contribution in [3.63, 3.8) is 0 Å². The van der Waals surface area contributed by atoms with Gasteiger partial charge in [0.25, 0.3) is 0 Å². The van der Waals surface area contributed by atoms with Crippen LogP contribution in [-0.2, 0) is 11.3 Å². The number of fused-ring (bicyclic) bond motifs is 5. The van der Waals surface area contributed by atoms with Crippen LogP contribution in [0.1, 0.15) is 41.4 Å². The van der Waals surface area contributed by atoms with Crippen molar-refractivity contribution in [3.05, 3.63) is 65.2 Å². The molecule has 2 saturated heterocycles. The van der Waals surface area contributed by atoms with E-state index in [1.807, 2.05) is 35.2 Å². The zero-order valence-electron chi connectivity index (χ0n) is 17.8. The Hall–Kier alpha value is -2.53. The molecular weight excluding hydrogens is 374 g/mol. The molecule has 0 radical (unpaired) electrons. The van der Waals surface area contributed by atoms with Gasteiger partial charge in [-0.05, 0) is 54.6 Å². The normalized spacial score (nSPS) is 23.8. The van der Waals surface area contributed by atoms with Gasteiger partial charge < -0.3 is 19.4 Å². The Morgan fingerprint density at radius 1 is 0.967 bits per heavy atom. The SMILES string of the molecule is CN1CCN(c2ccc3c(c2)C2C[C@H]3CCN(C(=O)OCc3ccccc3)C2)CC1. The van der Waals surface area contributed by atoms with Gasteiger partial charge in [0.15, 0.2) is 0 Å². The molecule has 1 aliphatic carbocycles. The summed E-state index contributed by atoms with van der Waals surface area (Å²) in [5.74, 6) is 0.989. The molecule has 2 aliphatic heterocycles. The summed E-state index contributed by atoms with van der Waals surface area (Å²) in [6.45, 7) is 6.29. The molecule has 5 rings (SSSR count). The molecule has 2 heterocycles. The third-order valence-corrected chi connectivity index (χ3v) is 7.04. The van der Waals surface area contributed by atoms with Crippen molar-refractivity contribution in [2.75, 3.05) is 51.2 Å². The Labute approximate surface area is 179 Å². The number of carbonyl (C=O) groups is 1. The highest BCUT2D eigenvalue weighted by atomic mass is 16.6. The third-order valence-electron chi connectivity index (χ3n) is 7.04. The number of nitrogens with zero attached hydrogens (tertiary/aromatic N) is 3. The number of ether oxygens (including phenoxy) is 1. The second-order valence-corrected chi connectivity index (χ2v) is 9.01. The summed E-state index contributed by atoms with van der Waals surface area (Å²) in [5, 5.41) is 0. The molecule has 158 valence electrons. The molecule has 2 aromatic carbocycles. The van der Waals surface area contributed by atoms with Crippen LogP contribution in [0.15, 0.2) is 48.5 Å². The van der Waals surface area contributed by atoms with Crippen molar-refractivity contribution < 1.29 is 9.53 Å². The van der Waals surface area contributed by atoms with Gasteiger partial charge in [-0.15, -0.1) is 0 Å². The van der Waals surface area contributed by atoms with E-state index in [2.05, 4.69) is 35.0 Å². The number of benzene rings is 2. The third kappa shape index (κ3) is 3.91. The Morgan fingerprint density at radius 3 is 2.57 bits per heavy atom. The van der Waals surface area contributed by atoms with Gasteiger partial charge in [-0.3, -0.25) is 0 Å². The Kier molecular flexibility index (Phi) is 5.38. The maximum atomic E-state index is 12.7. The summed E-state index contributed by atoms with van der Waals surface area (Å²) in [4.78, 5) is 19.6. The number of likely N-dealkylation sites (tertiary alicyclic amines) is 1. The van der Waals surface area contributed by atoms with Gasteiger partial charge in [-0.1, -0.05) is 36.4 Å². The van der Waals surface area contributed by atoms with E-state index in [1.54, 1.807) is 0 Å². The van der Waals surface area contributed by atoms with Crippen LogP contribution in [0, 0.1) is 0 Å². The van der Waals surface area contributed by atoms with Crippen molar-refractivity contribution >= 4 is 11.8 Å². The molecule has 0 spiro atoms. The van der Waals surface area contributed by atoms with E-state index >= 15 is 0 Å². The Morgan fingerprint density at radius 2 is 1.77 bits per heavy atom. The first-order chi connectivity index (χ1) is 14.7. The fourth-order valence-electron chi connectivity index (χ4n) is 5.24. The van der Waals surface area contributed by atoms with Crippen molar-refractivity contribution in [3.8, 4) is 0 Å². The zero-order valence-corrected chi connectivity index (χ0v) is 17.8. The molecule has 2 bridgehead atoms. The molecule has 2 atom stereocenters. The van der Waals surface area contributed by atoms with Gasteiger partial charge in [0.2, 0.25) is 0 Å². The maximum absolute atomic E-state index is 12.7. The number of piperazine rings is 1. The van der Waals surface area contributed by atoms with Gasteiger partial charge in [0.05, 0.1) is 0 Å². The minimum absolute atomic E-state index is 0.178. The standard InChI is InChI=1S/C25H31N3O2/c1-26-11-13-27(14-12-26)22-7-8-23-20-9-10-28(17-21(15-20)24(23)16-22)25(29)30-18-19-5-3-2-4-6-19/h2-8,16,20-21H,9-15,17-18H2,1H3/t20-,21?/m1/s1. The summed E-state index contributed by atoms with van der Waals surface area (Å²) in [6.07, 6.45) is 2.00. The molecular formula is C25H31N3O2. The van der Waals surface area contributed by atoms with Crippen LogP contribution in [0.4, 0.5) is 10.5 Å². The van der Waals surface area contributed by atoms with Crippen molar-refractivity contribution in [2.24, 2.45) is 0 Å². The van der Waals surface area contributed by atoms with Crippen molar-refractivity contribution in [1.82, 2.24) is 9.80 Å². The fourth-order valence-corrected chi connectivity index (χ4v) is 5.24. The molecule has 0 aromatic heterocycles. The minimum Gasteiger partial charge on any atom is -0.445 e. The van der Waals surface area contributed by atoms with Gasteiger partial charge in [0, 0.05) is 50.9 Å². The molecule has 0 saturated carbocycles. The first kappa shape index (κ1) is 19.4.